The highest BCUT2D eigenvalue weighted by atomic mass is 31.2. The number of ether oxygens (including phenoxy) is 4. The normalized spacial score (nSPS) is 13.9. The highest BCUT2D eigenvalue weighted by Gasteiger charge is 2.30. The van der Waals surface area contributed by atoms with Crippen LogP contribution in [0.4, 0.5) is 0 Å². The molecule has 17 nitrogen and oxygen atoms in total. The Morgan fingerprint density at radius 2 is 0.442 bits per heavy atom. The summed E-state index contributed by atoms with van der Waals surface area (Å²) in [5, 5.41) is 10.7. The van der Waals surface area contributed by atoms with E-state index >= 15 is 0 Å². The molecule has 19 heteroatoms. The van der Waals surface area contributed by atoms with Crippen LogP contribution in [0, 0.1) is 17.8 Å². The lowest BCUT2D eigenvalue weighted by molar-refractivity contribution is -0.161. The molecule has 0 aromatic heterocycles. The monoisotopic (exact) mass is 1520 g/mol. The fraction of sp³-hybridized carbons (Fsp3) is 0.953. The first-order valence-corrected chi connectivity index (χ1v) is 46.8. The molecule has 0 rings (SSSR count). The zero-order valence-corrected chi connectivity index (χ0v) is 70.3. The second kappa shape index (κ2) is 75.1. The molecule has 5 atom stereocenters. The number of hydrogen-bond donors (Lipinski definition) is 3. The Kier molecular flexibility index (Phi) is 73.7. The smallest absolute Gasteiger partial charge is 0.462 e. The van der Waals surface area contributed by atoms with Crippen molar-refractivity contribution in [2.75, 3.05) is 39.6 Å². The highest BCUT2D eigenvalue weighted by Crippen LogP contribution is 2.45. The molecule has 0 aliphatic carbocycles. The van der Waals surface area contributed by atoms with Gasteiger partial charge in [-0.05, 0) is 43.4 Å². The van der Waals surface area contributed by atoms with Gasteiger partial charge in [0.1, 0.15) is 19.3 Å². The summed E-state index contributed by atoms with van der Waals surface area (Å²) >= 11 is 0. The first-order valence-electron chi connectivity index (χ1n) is 43.8. The van der Waals surface area contributed by atoms with Crippen molar-refractivity contribution in [2.24, 2.45) is 17.8 Å². The molecule has 0 aliphatic rings. The Bertz CT molecular complexity index is 2010. The Balaban J connectivity index is 5.24. The summed E-state index contributed by atoms with van der Waals surface area (Å²) in [7, 11) is -9.93. The number of aliphatic hydroxyl groups excluding tert-OH is 1. The predicted molar refractivity (Wildman–Crippen MR) is 428 cm³/mol. The van der Waals surface area contributed by atoms with Gasteiger partial charge in [-0.3, -0.25) is 37.3 Å². The maximum absolute atomic E-state index is 13.1. The number of esters is 4. The number of aliphatic hydroxyl groups is 1. The van der Waals surface area contributed by atoms with Crippen molar-refractivity contribution in [1.29, 1.82) is 0 Å². The summed E-state index contributed by atoms with van der Waals surface area (Å²) in [4.78, 5) is 73.2. The van der Waals surface area contributed by atoms with Crippen LogP contribution in [0.15, 0.2) is 0 Å². The van der Waals surface area contributed by atoms with Gasteiger partial charge in [-0.2, -0.15) is 0 Å². The topological polar surface area (TPSA) is 237 Å². The third-order valence-corrected chi connectivity index (χ3v) is 21.8. The third kappa shape index (κ3) is 78.2. The van der Waals surface area contributed by atoms with E-state index in [9.17, 15) is 43.2 Å². The molecule has 0 saturated heterocycles. The number of hydrogen-bond acceptors (Lipinski definition) is 15. The average molecular weight is 1520 g/mol. The molecule has 0 spiro atoms. The second-order valence-corrected chi connectivity index (χ2v) is 34.9. The number of phosphoric acid groups is 2. The molecule has 0 fully saturated rings. The lowest BCUT2D eigenvalue weighted by Gasteiger charge is -2.21. The highest BCUT2D eigenvalue weighted by molar-refractivity contribution is 7.47. The van der Waals surface area contributed by atoms with E-state index in [1.165, 1.54) is 257 Å². The first-order chi connectivity index (χ1) is 50.2. The number of phosphoric ester groups is 2. The number of carbonyl (C=O) groups excluding carboxylic acids is 4. The van der Waals surface area contributed by atoms with Crippen LogP contribution in [-0.4, -0.2) is 96.7 Å². The van der Waals surface area contributed by atoms with Gasteiger partial charge in [0.05, 0.1) is 26.4 Å². The molecule has 0 saturated carbocycles. The SMILES string of the molecule is CCCCCCCCCCCCCC(=O)OC[C@H](COP(=O)(O)OC[C@H](O)COP(=O)(O)OC[C@@H](COC(=O)CCCCCCCCCCCCCCCC(C)C)OC(=O)CCCCCCCCCCCCCCCCCCCCC(C)C)OC(=O)CCCCCCCCCCCCCCCC(C)C. The molecule has 0 bridgehead atoms. The number of unbranched alkanes of at least 4 members (excludes halogenated alkanes) is 51. The third-order valence-electron chi connectivity index (χ3n) is 19.9. The lowest BCUT2D eigenvalue weighted by Crippen LogP contribution is -2.30. The van der Waals surface area contributed by atoms with Crippen LogP contribution in [0.3, 0.4) is 0 Å². The zero-order valence-electron chi connectivity index (χ0n) is 68.5. The second-order valence-electron chi connectivity index (χ2n) is 32.0. The van der Waals surface area contributed by atoms with Crippen LogP contribution < -0.4 is 0 Å². The molecule has 2 unspecified atom stereocenters. The minimum absolute atomic E-state index is 0.107. The van der Waals surface area contributed by atoms with Crippen LogP contribution in [0.5, 0.6) is 0 Å². The van der Waals surface area contributed by atoms with Crippen molar-refractivity contribution in [1.82, 2.24) is 0 Å². The van der Waals surface area contributed by atoms with E-state index < -0.39 is 97.5 Å². The van der Waals surface area contributed by atoms with E-state index in [0.717, 1.165) is 108 Å². The van der Waals surface area contributed by atoms with Gasteiger partial charge < -0.3 is 33.8 Å². The van der Waals surface area contributed by atoms with Crippen LogP contribution >= 0.6 is 15.6 Å². The zero-order chi connectivity index (χ0) is 76.5. The summed E-state index contributed by atoms with van der Waals surface area (Å²) in [6, 6.07) is 0. The van der Waals surface area contributed by atoms with Crippen molar-refractivity contribution in [3.8, 4) is 0 Å². The molecule has 0 aliphatic heterocycles. The van der Waals surface area contributed by atoms with E-state index in [1.807, 2.05) is 0 Å². The van der Waals surface area contributed by atoms with E-state index in [2.05, 4.69) is 48.5 Å². The molecule has 0 radical (unpaired) electrons. The Morgan fingerprint density at radius 3 is 0.654 bits per heavy atom. The van der Waals surface area contributed by atoms with Crippen molar-refractivity contribution in [3.63, 3.8) is 0 Å². The molecule has 104 heavy (non-hydrogen) atoms. The Hall–Kier alpha value is -1.94. The Labute approximate surface area is 638 Å². The fourth-order valence-electron chi connectivity index (χ4n) is 13.2. The molecule has 3 N–H and O–H groups in total. The van der Waals surface area contributed by atoms with Gasteiger partial charge in [-0.25, -0.2) is 9.13 Å². The van der Waals surface area contributed by atoms with E-state index in [-0.39, 0.29) is 25.7 Å². The summed E-state index contributed by atoms with van der Waals surface area (Å²) in [5.74, 6) is 0.294. The van der Waals surface area contributed by atoms with E-state index in [4.69, 9.17) is 37.0 Å². The largest absolute Gasteiger partial charge is 0.472 e. The van der Waals surface area contributed by atoms with Crippen LogP contribution in [-0.2, 0) is 65.4 Å². The maximum atomic E-state index is 13.1. The van der Waals surface area contributed by atoms with Crippen molar-refractivity contribution >= 4 is 39.5 Å². The van der Waals surface area contributed by atoms with Gasteiger partial charge in [0.2, 0.25) is 0 Å². The van der Waals surface area contributed by atoms with Crippen molar-refractivity contribution < 1.29 is 80.2 Å². The standard InChI is InChI=1S/C85H166O17P2/c1-8-9-10-11-12-13-28-38-45-52-59-66-82(87)95-72-80(101-85(90)69-62-55-48-41-34-27-21-24-31-37-44-51-58-65-78(6)7)74-99-103(91,92)97-70-79(86)71-98-104(93,94)100-75-81(73-96-83(88)67-60-53-46-39-32-26-20-23-30-36-43-50-57-64-77(4)5)102-84(89)68-61-54-47-40-33-25-19-17-15-14-16-18-22-29-35-42-49-56-63-76(2)3/h76-81,86H,8-75H2,1-7H3,(H,91,92)(H,93,94)/t79-,80+,81+/m0/s1. The van der Waals surface area contributed by atoms with Crippen molar-refractivity contribution in [3.05, 3.63) is 0 Å². The molecule has 0 aromatic rings. The van der Waals surface area contributed by atoms with Gasteiger partial charge in [0.15, 0.2) is 12.2 Å². The summed E-state index contributed by atoms with van der Waals surface area (Å²) in [6.45, 7) is 12.0. The fourth-order valence-corrected chi connectivity index (χ4v) is 14.8. The molecule has 0 heterocycles. The minimum Gasteiger partial charge on any atom is -0.462 e. The first kappa shape index (κ1) is 102. The summed E-state index contributed by atoms with van der Waals surface area (Å²) in [5.41, 5.74) is 0. The lowest BCUT2D eigenvalue weighted by atomic mass is 10.0. The quantitative estimate of drug-likeness (QED) is 0.0222. The molecule has 0 aromatic carbocycles. The molecule has 618 valence electrons. The molecular weight excluding hydrogens is 1350 g/mol. The predicted octanol–water partition coefficient (Wildman–Crippen LogP) is 25.7. The number of rotatable bonds is 83. The van der Waals surface area contributed by atoms with Gasteiger partial charge in [-0.1, -0.05) is 395 Å². The molecule has 0 amide bonds. The van der Waals surface area contributed by atoms with E-state index in [0.29, 0.717) is 25.7 Å². The van der Waals surface area contributed by atoms with E-state index in [1.54, 1.807) is 0 Å². The minimum atomic E-state index is -4.97. The van der Waals surface area contributed by atoms with Crippen LogP contribution in [0.25, 0.3) is 0 Å². The van der Waals surface area contributed by atoms with Crippen LogP contribution in [0.1, 0.15) is 447 Å². The van der Waals surface area contributed by atoms with Crippen LogP contribution in [0.2, 0.25) is 0 Å². The maximum Gasteiger partial charge on any atom is 0.472 e. The Morgan fingerprint density at radius 1 is 0.260 bits per heavy atom. The van der Waals surface area contributed by atoms with Gasteiger partial charge in [0, 0.05) is 25.7 Å². The van der Waals surface area contributed by atoms with Gasteiger partial charge in [-0.15, -0.1) is 0 Å². The number of carbonyl (C=O) groups is 4. The van der Waals surface area contributed by atoms with Crippen molar-refractivity contribution in [2.45, 2.75) is 465 Å². The van der Waals surface area contributed by atoms with Gasteiger partial charge in [0.25, 0.3) is 0 Å². The molecular formula is C85H166O17P2. The summed E-state index contributed by atoms with van der Waals surface area (Å²) < 4.78 is 68.9. The van der Waals surface area contributed by atoms with Gasteiger partial charge >= 0.3 is 39.5 Å². The summed E-state index contributed by atoms with van der Waals surface area (Å²) in [6.07, 6.45) is 65.1. The average Bonchev–Trinajstić information content (AvgIpc) is 0.940.